The predicted molar refractivity (Wildman–Crippen MR) is 72.2 cm³/mol. The average molecular weight is 268 g/mol. The molecule has 0 bridgehead atoms. The zero-order valence-corrected chi connectivity index (χ0v) is 11.1. The molecule has 6 heteroatoms. The molecule has 0 heterocycles. The van der Waals surface area contributed by atoms with Gasteiger partial charge in [0, 0.05) is 38.9 Å². The SMILES string of the molecule is COCCN(CCO)CCc1ccc([N+](=O)[O-])cc1. The van der Waals surface area contributed by atoms with Crippen LogP contribution in [0.4, 0.5) is 5.69 Å². The van der Waals surface area contributed by atoms with E-state index in [2.05, 4.69) is 4.90 Å². The first-order valence-corrected chi connectivity index (χ1v) is 6.23. The number of nitro benzene ring substituents is 1. The molecule has 0 aliphatic heterocycles. The summed E-state index contributed by atoms with van der Waals surface area (Å²) < 4.78 is 5.01. The molecular formula is C13H20N2O4. The summed E-state index contributed by atoms with van der Waals surface area (Å²) in [4.78, 5) is 12.2. The maximum atomic E-state index is 10.5. The smallest absolute Gasteiger partial charge is 0.269 e. The third kappa shape index (κ3) is 5.78. The Kier molecular flexibility index (Phi) is 7.02. The lowest BCUT2D eigenvalue weighted by atomic mass is 10.1. The minimum atomic E-state index is -0.402. The van der Waals surface area contributed by atoms with Crippen LogP contribution in [0.1, 0.15) is 5.56 Å². The summed E-state index contributed by atoms with van der Waals surface area (Å²) in [6.45, 7) is 2.91. The second kappa shape index (κ2) is 8.58. The monoisotopic (exact) mass is 268 g/mol. The molecule has 0 aliphatic rings. The molecule has 1 aromatic rings. The van der Waals surface area contributed by atoms with Crippen molar-refractivity contribution < 1.29 is 14.8 Å². The van der Waals surface area contributed by atoms with E-state index in [0.717, 1.165) is 25.1 Å². The van der Waals surface area contributed by atoms with Gasteiger partial charge in [-0.3, -0.25) is 15.0 Å². The Labute approximate surface area is 112 Å². The quantitative estimate of drug-likeness (QED) is 0.535. The zero-order chi connectivity index (χ0) is 14.1. The molecule has 19 heavy (non-hydrogen) atoms. The lowest BCUT2D eigenvalue weighted by molar-refractivity contribution is -0.384. The minimum Gasteiger partial charge on any atom is -0.395 e. The molecule has 1 rings (SSSR count). The van der Waals surface area contributed by atoms with Crippen LogP contribution < -0.4 is 0 Å². The van der Waals surface area contributed by atoms with Crippen molar-refractivity contribution >= 4 is 5.69 Å². The largest absolute Gasteiger partial charge is 0.395 e. The average Bonchev–Trinajstić information content (AvgIpc) is 2.42. The van der Waals surface area contributed by atoms with E-state index in [0.29, 0.717) is 13.2 Å². The molecule has 106 valence electrons. The Bertz CT molecular complexity index is 381. The number of nitrogens with zero attached hydrogens (tertiary/aromatic N) is 2. The van der Waals surface area contributed by atoms with Crippen LogP contribution >= 0.6 is 0 Å². The number of hydrogen-bond donors (Lipinski definition) is 1. The minimum absolute atomic E-state index is 0.107. The van der Waals surface area contributed by atoms with Crippen molar-refractivity contribution in [2.24, 2.45) is 0 Å². The molecule has 0 fully saturated rings. The zero-order valence-electron chi connectivity index (χ0n) is 11.1. The van der Waals surface area contributed by atoms with Gasteiger partial charge in [-0.15, -0.1) is 0 Å². The number of methoxy groups -OCH3 is 1. The Morgan fingerprint density at radius 2 is 1.95 bits per heavy atom. The Balaban J connectivity index is 2.46. The maximum absolute atomic E-state index is 10.5. The van der Waals surface area contributed by atoms with E-state index in [1.807, 2.05) is 0 Å². The number of benzene rings is 1. The fourth-order valence-electron chi connectivity index (χ4n) is 1.77. The van der Waals surface area contributed by atoms with Crippen LogP contribution in [0.3, 0.4) is 0 Å². The first kappa shape index (κ1) is 15.6. The summed E-state index contributed by atoms with van der Waals surface area (Å²) in [6.07, 6.45) is 0.793. The van der Waals surface area contributed by atoms with Gasteiger partial charge in [0.2, 0.25) is 0 Å². The molecule has 0 saturated carbocycles. The van der Waals surface area contributed by atoms with E-state index in [-0.39, 0.29) is 12.3 Å². The Hall–Kier alpha value is -1.50. The summed E-state index contributed by atoms with van der Waals surface area (Å²) in [7, 11) is 1.65. The van der Waals surface area contributed by atoms with Crippen molar-refractivity contribution in [3.8, 4) is 0 Å². The third-order valence-corrected chi connectivity index (χ3v) is 2.89. The molecule has 6 nitrogen and oxygen atoms in total. The van der Waals surface area contributed by atoms with Crippen LogP contribution in [0.2, 0.25) is 0 Å². The standard InChI is InChI=1S/C13H20N2O4/c1-19-11-9-14(8-10-16)7-6-12-2-4-13(5-3-12)15(17)18/h2-5,16H,6-11H2,1H3. The number of non-ortho nitro benzene ring substituents is 1. The molecule has 0 aromatic heterocycles. The molecule has 1 aromatic carbocycles. The van der Waals surface area contributed by atoms with E-state index in [4.69, 9.17) is 9.84 Å². The van der Waals surface area contributed by atoms with E-state index in [1.54, 1.807) is 19.2 Å². The van der Waals surface area contributed by atoms with Gasteiger partial charge in [-0.25, -0.2) is 0 Å². The number of ether oxygens (including phenoxy) is 1. The van der Waals surface area contributed by atoms with Crippen LogP contribution in [0.25, 0.3) is 0 Å². The van der Waals surface area contributed by atoms with Gasteiger partial charge in [0.25, 0.3) is 5.69 Å². The first-order valence-electron chi connectivity index (χ1n) is 6.23. The maximum Gasteiger partial charge on any atom is 0.269 e. The number of aliphatic hydroxyl groups is 1. The normalized spacial score (nSPS) is 10.9. The first-order chi connectivity index (χ1) is 9.17. The van der Waals surface area contributed by atoms with E-state index < -0.39 is 4.92 Å². The molecule has 0 atom stereocenters. The van der Waals surface area contributed by atoms with Crippen LogP contribution in [0, 0.1) is 10.1 Å². The summed E-state index contributed by atoms with van der Waals surface area (Å²) in [5.41, 5.74) is 1.15. The number of nitro groups is 1. The van der Waals surface area contributed by atoms with Crippen molar-refractivity contribution in [2.45, 2.75) is 6.42 Å². The number of rotatable bonds is 9. The number of aliphatic hydroxyl groups excluding tert-OH is 1. The van der Waals surface area contributed by atoms with Crippen LogP contribution in [-0.4, -0.2) is 54.9 Å². The van der Waals surface area contributed by atoms with E-state index in [9.17, 15) is 10.1 Å². The van der Waals surface area contributed by atoms with Gasteiger partial charge in [0.05, 0.1) is 18.1 Å². The van der Waals surface area contributed by atoms with Crippen molar-refractivity contribution in [1.82, 2.24) is 4.90 Å². The van der Waals surface area contributed by atoms with Gasteiger partial charge in [0.1, 0.15) is 0 Å². The van der Waals surface area contributed by atoms with Crippen molar-refractivity contribution in [3.63, 3.8) is 0 Å². The molecule has 0 radical (unpaired) electrons. The Morgan fingerprint density at radius 1 is 1.26 bits per heavy atom. The van der Waals surface area contributed by atoms with Crippen LogP contribution in [0.5, 0.6) is 0 Å². The lowest BCUT2D eigenvalue weighted by Gasteiger charge is -2.20. The predicted octanol–water partition coefficient (Wildman–Crippen LogP) is 1.08. The summed E-state index contributed by atoms with van der Waals surface area (Å²) in [5, 5.41) is 19.5. The van der Waals surface area contributed by atoms with E-state index >= 15 is 0 Å². The van der Waals surface area contributed by atoms with Crippen molar-refractivity contribution in [3.05, 3.63) is 39.9 Å². The van der Waals surface area contributed by atoms with Gasteiger partial charge >= 0.3 is 0 Å². The highest BCUT2D eigenvalue weighted by Crippen LogP contribution is 2.12. The molecule has 0 saturated heterocycles. The van der Waals surface area contributed by atoms with Gasteiger partial charge < -0.3 is 9.84 Å². The van der Waals surface area contributed by atoms with Crippen LogP contribution in [0.15, 0.2) is 24.3 Å². The van der Waals surface area contributed by atoms with Crippen molar-refractivity contribution in [2.75, 3.05) is 40.0 Å². The molecule has 1 N–H and O–H groups in total. The van der Waals surface area contributed by atoms with E-state index in [1.165, 1.54) is 12.1 Å². The summed E-state index contributed by atoms with van der Waals surface area (Å²) in [6, 6.07) is 6.57. The fraction of sp³-hybridized carbons (Fsp3) is 0.538. The molecule has 0 aliphatic carbocycles. The van der Waals surface area contributed by atoms with Gasteiger partial charge in [-0.05, 0) is 12.0 Å². The lowest BCUT2D eigenvalue weighted by Crippen LogP contribution is -2.32. The molecule has 0 spiro atoms. The molecule has 0 amide bonds. The molecule has 0 unspecified atom stereocenters. The second-order valence-electron chi connectivity index (χ2n) is 4.23. The van der Waals surface area contributed by atoms with Gasteiger partial charge in [-0.1, -0.05) is 12.1 Å². The summed E-state index contributed by atoms with van der Waals surface area (Å²) in [5.74, 6) is 0. The highest BCUT2D eigenvalue weighted by atomic mass is 16.6. The highest BCUT2D eigenvalue weighted by molar-refractivity contribution is 5.32. The number of hydrogen-bond acceptors (Lipinski definition) is 5. The Morgan fingerprint density at radius 3 is 2.47 bits per heavy atom. The summed E-state index contributed by atoms with van der Waals surface area (Å²) >= 11 is 0. The topological polar surface area (TPSA) is 75.8 Å². The highest BCUT2D eigenvalue weighted by Gasteiger charge is 2.06. The van der Waals surface area contributed by atoms with Gasteiger partial charge in [0.15, 0.2) is 0 Å². The second-order valence-corrected chi connectivity index (χ2v) is 4.23. The van der Waals surface area contributed by atoms with Crippen molar-refractivity contribution in [1.29, 1.82) is 0 Å². The molecular weight excluding hydrogens is 248 g/mol. The fourth-order valence-corrected chi connectivity index (χ4v) is 1.77. The van der Waals surface area contributed by atoms with Crippen LogP contribution in [-0.2, 0) is 11.2 Å². The third-order valence-electron chi connectivity index (χ3n) is 2.89. The van der Waals surface area contributed by atoms with Gasteiger partial charge in [-0.2, -0.15) is 0 Å².